The molecule has 2 aliphatic heterocycles. The molecule has 0 aromatic carbocycles. The minimum Gasteiger partial charge on any atom is -0.389 e. The Morgan fingerprint density at radius 3 is 2.74 bits per heavy atom. The lowest BCUT2D eigenvalue weighted by Gasteiger charge is -2.47. The second-order valence-corrected chi connectivity index (χ2v) is 9.09. The van der Waals surface area contributed by atoms with Crippen LogP contribution in [0.15, 0.2) is 5.51 Å². The minimum atomic E-state index is -3.37. The number of hydrogen-bond acceptors (Lipinski definition) is 6. The van der Waals surface area contributed by atoms with Crippen molar-refractivity contribution in [1.29, 1.82) is 0 Å². The van der Waals surface area contributed by atoms with Crippen LogP contribution >= 0.6 is 11.3 Å². The molecular weight excluding hydrogens is 338 g/mol. The molecular formula is C14H21N3O4S2. The third-order valence-electron chi connectivity index (χ3n) is 4.92. The predicted octanol–water partition coefficient (Wildman–Crippen LogP) is 0.453. The summed E-state index contributed by atoms with van der Waals surface area (Å²) in [6.45, 7) is 2.83. The van der Waals surface area contributed by atoms with Gasteiger partial charge in [-0.05, 0) is 26.2 Å². The fourth-order valence-corrected chi connectivity index (χ4v) is 5.95. The van der Waals surface area contributed by atoms with Gasteiger partial charge in [0.15, 0.2) is 0 Å². The molecule has 3 rings (SSSR count). The van der Waals surface area contributed by atoms with Crippen molar-refractivity contribution in [2.24, 2.45) is 0 Å². The highest BCUT2D eigenvalue weighted by molar-refractivity contribution is 7.88. The standard InChI is InChI=1S/C14H21N3O4S2/c1-10-12(22-9-15-10)13(19)16-7-5-14(11(18)8-16)4-3-6-17(14)23(2,20)21/h9,11,18H,3-8H2,1-2H3/t11-,14-/m0/s1. The average molecular weight is 359 g/mol. The summed E-state index contributed by atoms with van der Waals surface area (Å²) in [5, 5.41) is 10.7. The van der Waals surface area contributed by atoms with E-state index < -0.39 is 21.7 Å². The van der Waals surface area contributed by atoms with Gasteiger partial charge >= 0.3 is 0 Å². The van der Waals surface area contributed by atoms with Crippen molar-refractivity contribution in [3.63, 3.8) is 0 Å². The summed E-state index contributed by atoms with van der Waals surface area (Å²) < 4.78 is 25.5. The highest BCUT2D eigenvalue weighted by Crippen LogP contribution is 2.40. The first kappa shape index (κ1) is 16.8. The number of piperidine rings is 1. The maximum Gasteiger partial charge on any atom is 0.265 e. The molecule has 0 bridgehead atoms. The lowest BCUT2D eigenvalue weighted by atomic mass is 9.83. The normalized spacial score (nSPS) is 29.3. The molecule has 1 amide bonds. The molecule has 2 fully saturated rings. The summed E-state index contributed by atoms with van der Waals surface area (Å²) >= 11 is 1.29. The zero-order valence-corrected chi connectivity index (χ0v) is 14.9. The molecule has 1 aromatic heterocycles. The van der Waals surface area contributed by atoms with Crippen molar-refractivity contribution in [3.8, 4) is 0 Å². The fraction of sp³-hybridized carbons (Fsp3) is 0.714. The van der Waals surface area contributed by atoms with Gasteiger partial charge in [-0.1, -0.05) is 0 Å². The van der Waals surface area contributed by atoms with Crippen molar-refractivity contribution >= 4 is 27.3 Å². The molecule has 2 atom stereocenters. The number of aliphatic hydroxyl groups is 1. The first-order chi connectivity index (χ1) is 10.8. The Labute approximate surface area is 140 Å². The Balaban J connectivity index is 1.80. The summed E-state index contributed by atoms with van der Waals surface area (Å²) in [5.41, 5.74) is 1.56. The number of carbonyl (C=O) groups excluding carboxylic acids is 1. The second-order valence-electron chi connectivity index (χ2n) is 6.33. The van der Waals surface area contributed by atoms with Crippen molar-refractivity contribution in [2.75, 3.05) is 25.9 Å². The van der Waals surface area contributed by atoms with Crippen LogP contribution in [-0.4, -0.2) is 71.2 Å². The van der Waals surface area contributed by atoms with Crippen molar-refractivity contribution in [1.82, 2.24) is 14.2 Å². The van der Waals surface area contributed by atoms with Crippen LogP contribution in [-0.2, 0) is 10.0 Å². The van der Waals surface area contributed by atoms with Gasteiger partial charge in [0, 0.05) is 19.6 Å². The Bertz CT molecular complexity index is 717. The number of carbonyl (C=O) groups is 1. The lowest BCUT2D eigenvalue weighted by Crippen LogP contribution is -2.63. The number of β-amino-alcohol motifs (C(OH)–C–C–N with tert-alkyl or cyclic N) is 1. The molecule has 0 aliphatic carbocycles. The molecule has 3 heterocycles. The smallest absolute Gasteiger partial charge is 0.265 e. The minimum absolute atomic E-state index is 0.136. The highest BCUT2D eigenvalue weighted by atomic mass is 32.2. The largest absolute Gasteiger partial charge is 0.389 e. The molecule has 128 valence electrons. The maximum absolute atomic E-state index is 12.6. The van der Waals surface area contributed by atoms with Crippen molar-refractivity contribution < 1.29 is 18.3 Å². The molecule has 23 heavy (non-hydrogen) atoms. The summed E-state index contributed by atoms with van der Waals surface area (Å²) in [7, 11) is -3.37. The van der Waals surface area contributed by atoms with E-state index in [0.717, 1.165) is 6.42 Å². The SMILES string of the molecule is Cc1ncsc1C(=O)N1CC[C@@]2(CCCN2S(C)(=O)=O)[C@@H](O)C1. The van der Waals surface area contributed by atoms with Crippen LogP contribution in [0.5, 0.6) is 0 Å². The number of aromatic nitrogens is 1. The zero-order valence-electron chi connectivity index (χ0n) is 13.2. The number of likely N-dealkylation sites (tertiary alicyclic amines) is 1. The van der Waals surface area contributed by atoms with Crippen LogP contribution in [0.4, 0.5) is 0 Å². The Kier molecular flexibility index (Phi) is 4.24. The van der Waals surface area contributed by atoms with Crippen LogP contribution in [0.25, 0.3) is 0 Å². The van der Waals surface area contributed by atoms with Gasteiger partial charge in [-0.2, -0.15) is 4.31 Å². The quantitative estimate of drug-likeness (QED) is 0.828. The molecule has 2 aliphatic rings. The van der Waals surface area contributed by atoms with E-state index in [1.807, 2.05) is 0 Å². The molecule has 0 unspecified atom stereocenters. The first-order valence-corrected chi connectivity index (χ1v) is 10.3. The average Bonchev–Trinajstić information content (AvgIpc) is 3.08. The monoisotopic (exact) mass is 359 g/mol. The van der Waals surface area contributed by atoms with Gasteiger partial charge < -0.3 is 10.0 Å². The topological polar surface area (TPSA) is 90.8 Å². The molecule has 1 aromatic rings. The van der Waals surface area contributed by atoms with Crippen LogP contribution in [0, 0.1) is 6.92 Å². The van der Waals surface area contributed by atoms with E-state index in [9.17, 15) is 18.3 Å². The van der Waals surface area contributed by atoms with E-state index in [2.05, 4.69) is 4.98 Å². The third kappa shape index (κ3) is 2.79. The van der Waals surface area contributed by atoms with Crippen molar-refractivity contribution in [2.45, 2.75) is 37.8 Å². The number of sulfonamides is 1. The Hall–Kier alpha value is -1.03. The van der Waals surface area contributed by atoms with Crippen LogP contribution in [0.2, 0.25) is 0 Å². The second kappa shape index (κ2) is 5.80. The first-order valence-electron chi connectivity index (χ1n) is 7.61. The number of rotatable bonds is 2. The molecule has 7 nitrogen and oxygen atoms in total. The van der Waals surface area contributed by atoms with Gasteiger partial charge in [0.25, 0.3) is 5.91 Å². The maximum atomic E-state index is 12.6. The highest BCUT2D eigenvalue weighted by Gasteiger charge is 2.53. The molecule has 9 heteroatoms. The number of thiazole rings is 1. The number of aryl methyl sites for hydroxylation is 1. The van der Waals surface area contributed by atoms with Crippen LogP contribution in [0.3, 0.4) is 0 Å². The Morgan fingerprint density at radius 1 is 1.43 bits per heavy atom. The number of hydrogen-bond donors (Lipinski definition) is 1. The third-order valence-corrected chi connectivity index (χ3v) is 7.19. The van der Waals surface area contributed by atoms with E-state index in [-0.39, 0.29) is 12.5 Å². The van der Waals surface area contributed by atoms with E-state index in [1.165, 1.54) is 21.9 Å². The predicted molar refractivity (Wildman–Crippen MR) is 86.9 cm³/mol. The van der Waals surface area contributed by atoms with Gasteiger partial charge in [-0.15, -0.1) is 11.3 Å². The molecule has 1 N–H and O–H groups in total. The number of amides is 1. The lowest BCUT2D eigenvalue weighted by molar-refractivity contribution is -0.0291. The summed E-state index contributed by atoms with van der Waals surface area (Å²) in [6.07, 6.45) is 2.16. The number of nitrogens with zero attached hydrogens (tertiary/aromatic N) is 3. The fourth-order valence-electron chi connectivity index (χ4n) is 3.76. The number of aliphatic hydroxyl groups excluding tert-OH is 1. The van der Waals surface area contributed by atoms with Crippen LogP contribution in [0.1, 0.15) is 34.6 Å². The van der Waals surface area contributed by atoms with Gasteiger partial charge in [0.05, 0.1) is 29.1 Å². The van der Waals surface area contributed by atoms with E-state index in [4.69, 9.17) is 0 Å². The zero-order chi connectivity index (χ0) is 16.8. The summed E-state index contributed by atoms with van der Waals surface area (Å²) in [5.74, 6) is -0.136. The molecule has 0 saturated carbocycles. The molecule has 0 radical (unpaired) electrons. The van der Waals surface area contributed by atoms with Crippen LogP contribution < -0.4 is 0 Å². The van der Waals surface area contributed by atoms with Gasteiger partial charge in [-0.3, -0.25) is 4.79 Å². The summed E-state index contributed by atoms with van der Waals surface area (Å²) in [6, 6.07) is 0. The molecule has 1 spiro atoms. The van der Waals surface area contributed by atoms with Gasteiger partial charge in [0.1, 0.15) is 4.88 Å². The van der Waals surface area contributed by atoms with Crippen molar-refractivity contribution in [3.05, 3.63) is 16.1 Å². The van der Waals surface area contributed by atoms with Gasteiger partial charge in [0.2, 0.25) is 10.0 Å². The van der Waals surface area contributed by atoms with E-state index >= 15 is 0 Å². The summed E-state index contributed by atoms with van der Waals surface area (Å²) in [4.78, 5) is 18.8. The molecule has 2 saturated heterocycles. The van der Waals surface area contributed by atoms with Gasteiger partial charge in [-0.25, -0.2) is 13.4 Å². The van der Waals surface area contributed by atoms with E-state index in [1.54, 1.807) is 17.3 Å². The Morgan fingerprint density at radius 2 is 2.17 bits per heavy atom. The van der Waals surface area contributed by atoms with E-state index in [0.29, 0.717) is 36.5 Å².